The van der Waals surface area contributed by atoms with E-state index in [9.17, 15) is 13.6 Å². The number of nitrogens with one attached hydrogen (secondary N) is 2. The Balaban J connectivity index is -0.000000207. The summed E-state index contributed by atoms with van der Waals surface area (Å²) >= 11 is 0. The fourth-order valence-corrected chi connectivity index (χ4v) is 2.03. The average molecular weight is 453 g/mol. The molecule has 2 aromatic carbocycles. The zero-order valence-corrected chi connectivity index (χ0v) is 19.5. The Labute approximate surface area is 194 Å². The summed E-state index contributed by atoms with van der Waals surface area (Å²) in [7, 11) is 3.63. The number of anilines is 1. The van der Waals surface area contributed by atoms with Gasteiger partial charge in [-0.15, -0.1) is 0 Å². The van der Waals surface area contributed by atoms with Gasteiger partial charge in [0.25, 0.3) is 0 Å². The van der Waals surface area contributed by atoms with Crippen LogP contribution in [0.15, 0.2) is 55.2 Å². The normalized spacial score (nSPS) is 7.97. The Hall–Kier alpha value is -3.02. The lowest BCUT2D eigenvalue weighted by molar-refractivity contribution is -0.108. The predicted molar refractivity (Wildman–Crippen MR) is 136 cm³/mol. The second-order valence-electron chi connectivity index (χ2n) is 5.64. The first-order valence-corrected chi connectivity index (χ1v) is 10.3. The Kier molecular flexibility index (Phi) is 31.8. The third-order valence-electron chi connectivity index (χ3n) is 3.50. The van der Waals surface area contributed by atoms with E-state index in [1.54, 1.807) is 6.20 Å². The van der Waals surface area contributed by atoms with Crippen LogP contribution < -0.4 is 10.6 Å². The van der Waals surface area contributed by atoms with Crippen molar-refractivity contribution in [1.29, 1.82) is 0 Å². The number of carbonyl (C=O) groups excluding carboxylic acids is 2. The van der Waals surface area contributed by atoms with Crippen LogP contribution in [-0.2, 0) is 9.59 Å². The number of benzene rings is 2. The van der Waals surface area contributed by atoms with Crippen molar-refractivity contribution in [2.75, 3.05) is 19.4 Å². The minimum atomic E-state index is -0.562. The molecule has 4 nitrogen and oxygen atoms in total. The lowest BCUT2D eigenvalue weighted by Gasteiger charge is -2.04. The van der Waals surface area contributed by atoms with Gasteiger partial charge in [0.05, 0.1) is 0 Å². The molecular weight excluding hydrogens is 410 g/mol. The van der Waals surface area contributed by atoms with Gasteiger partial charge in [-0.2, -0.15) is 0 Å². The van der Waals surface area contributed by atoms with Crippen LogP contribution in [0.4, 0.5) is 14.5 Å². The van der Waals surface area contributed by atoms with E-state index in [2.05, 4.69) is 24.1 Å². The fourth-order valence-electron chi connectivity index (χ4n) is 2.03. The van der Waals surface area contributed by atoms with Gasteiger partial charge in [0.15, 0.2) is 0 Å². The molecule has 0 heterocycles. The summed E-state index contributed by atoms with van der Waals surface area (Å²) in [6.07, 6.45) is 6.82. The van der Waals surface area contributed by atoms with Crippen molar-refractivity contribution in [2.24, 2.45) is 0 Å². The molecule has 6 heteroatoms. The van der Waals surface area contributed by atoms with E-state index in [4.69, 9.17) is 4.79 Å². The maximum Gasteiger partial charge on any atom is 0.126 e. The van der Waals surface area contributed by atoms with Gasteiger partial charge in [0.2, 0.25) is 0 Å². The molecule has 0 radical (unpaired) electrons. The minimum Gasteiger partial charge on any atom is -0.394 e. The van der Waals surface area contributed by atoms with Crippen LogP contribution >= 0.6 is 0 Å². The second kappa shape index (κ2) is 28.0. The van der Waals surface area contributed by atoms with Crippen LogP contribution in [0.2, 0.25) is 0 Å². The molecular formula is C26H42F2N2O2. The predicted octanol–water partition coefficient (Wildman–Crippen LogP) is 7.27. The smallest absolute Gasteiger partial charge is 0.126 e. The molecule has 2 aromatic rings. The van der Waals surface area contributed by atoms with Crippen molar-refractivity contribution in [3.05, 3.63) is 66.9 Å². The molecule has 0 saturated carbocycles. The van der Waals surface area contributed by atoms with Crippen molar-refractivity contribution in [3.63, 3.8) is 0 Å². The van der Waals surface area contributed by atoms with Crippen LogP contribution in [0, 0.1) is 11.6 Å². The molecule has 0 aliphatic heterocycles. The third-order valence-corrected chi connectivity index (χ3v) is 3.50. The summed E-state index contributed by atoms with van der Waals surface area (Å²) in [5, 5.41) is 5.67. The van der Waals surface area contributed by atoms with Crippen LogP contribution in [0.3, 0.4) is 0 Å². The molecule has 0 aliphatic carbocycles. The molecule has 182 valence electrons. The molecule has 2 N–H and O–H groups in total. The van der Waals surface area contributed by atoms with Gasteiger partial charge in [-0.05, 0) is 48.0 Å². The molecule has 32 heavy (non-hydrogen) atoms. The number of hydrogen-bond acceptors (Lipinski definition) is 4. The first-order chi connectivity index (χ1) is 15.0. The van der Waals surface area contributed by atoms with Gasteiger partial charge in [0, 0.05) is 32.3 Å². The standard InChI is InChI=1S/C13H11F2N.C6H12O.C3H7N.C2H6.CH2O.CH4/c1-16-13-4-2-9(3-5-13)10-6-11(14)8-12(15)7-10;1-2-3-4-5-6-7;1-3-4-2;2*1-2;/h2-8,16H,1H3;6H,2-5H2,1H3;3-4H,1H2,2H3;1-2H3;1H2;1H4. The first kappa shape index (κ1) is 36.4. The highest BCUT2D eigenvalue weighted by Gasteiger charge is 2.02. The molecule has 0 aromatic heterocycles. The SMILES string of the molecule is C.C=CNC.C=O.CC.CCCCCC=O.CNc1ccc(-c2cc(F)cc(F)c2)cc1. The van der Waals surface area contributed by atoms with Gasteiger partial charge in [-0.25, -0.2) is 8.78 Å². The van der Waals surface area contributed by atoms with Crippen LogP contribution in [0.1, 0.15) is 53.9 Å². The van der Waals surface area contributed by atoms with Gasteiger partial charge in [0.1, 0.15) is 24.7 Å². The Bertz CT molecular complexity index is 658. The number of unbranched alkanes of at least 4 members (excludes halogenated alkanes) is 3. The molecule has 0 aliphatic rings. The van der Waals surface area contributed by atoms with Crippen molar-refractivity contribution in [2.45, 2.75) is 53.9 Å². The van der Waals surface area contributed by atoms with Crippen LogP contribution in [0.5, 0.6) is 0 Å². The highest BCUT2D eigenvalue weighted by Crippen LogP contribution is 2.23. The van der Waals surface area contributed by atoms with Crippen LogP contribution in [0.25, 0.3) is 11.1 Å². The molecule has 0 bridgehead atoms. The van der Waals surface area contributed by atoms with Gasteiger partial charge in [-0.3, -0.25) is 0 Å². The van der Waals surface area contributed by atoms with Crippen molar-refractivity contribution in [1.82, 2.24) is 5.32 Å². The highest BCUT2D eigenvalue weighted by molar-refractivity contribution is 5.66. The van der Waals surface area contributed by atoms with E-state index in [1.165, 1.54) is 25.0 Å². The van der Waals surface area contributed by atoms with E-state index in [0.717, 1.165) is 36.4 Å². The van der Waals surface area contributed by atoms with E-state index in [0.29, 0.717) is 5.56 Å². The largest absolute Gasteiger partial charge is 0.394 e. The molecule has 0 unspecified atom stereocenters. The second-order valence-corrected chi connectivity index (χ2v) is 5.64. The molecule has 0 atom stereocenters. The molecule has 0 fully saturated rings. The fraction of sp³-hybridized carbons (Fsp3) is 0.385. The number of carbonyl (C=O) groups is 2. The lowest BCUT2D eigenvalue weighted by atomic mass is 10.1. The summed E-state index contributed by atoms with van der Waals surface area (Å²) in [6.45, 7) is 11.5. The Morgan fingerprint density at radius 2 is 1.38 bits per heavy atom. The third kappa shape index (κ3) is 20.3. The van der Waals surface area contributed by atoms with Gasteiger partial charge >= 0.3 is 0 Å². The number of aldehydes is 1. The van der Waals surface area contributed by atoms with Gasteiger partial charge < -0.3 is 20.2 Å². The molecule has 2 rings (SSSR count). The zero-order chi connectivity index (χ0) is 24.5. The summed E-state index contributed by atoms with van der Waals surface area (Å²) in [5.41, 5.74) is 2.29. The van der Waals surface area contributed by atoms with Gasteiger partial charge in [-0.1, -0.05) is 59.8 Å². The lowest BCUT2D eigenvalue weighted by Crippen LogP contribution is -1.88. The van der Waals surface area contributed by atoms with Crippen molar-refractivity contribution < 1.29 is 18.4 Å². The van der Waals surface area contributed by atoms with Crippen molar-refractivity contribution in [3.8, 4) is 11.1 Å². The molecule has 0 spiro atoms. The zero-order valence-electron chi connectivity index (χ0n) is 19.5. The summed E-state index contributed by atoms with van der Waals surface area (Å²) < 4.78 is 26.0. The maximum atomic E-state index is 13.0. The summed E-state index contributed by atoms with van der Waals surface area (Å²) in [5.74, 6) is -1.12. The molecule has 0 amide bonds. The van der Waals surface area contributed by atoms with E-state index in [1.807, 2.05) is 59.0 Å². The summed E-state index contributed by atoms with van der Waals surface area (Å²) in [4.78, 5) is 17.7. The number of halogens is 2. The minimum absolute atomic E-state index is 0. The van der Waals surface area contributed by atoms with E-state index >= 15 is 0 Å². The molecule has 0 saturated heterocycles. The number of hydrogen-bond donors (Lipinski definition) is 2. The Morgan fingerprint density at radius 1 is 0.906 bits per heavy atom. The maximum absolute atomic E-state index is 13.0. The average Bonchev–Trinajstić information content (AvgIpc) is 2.82. The number of rotatable bonds is 7. The summed E-state index contributed by atoms with van der Waals surface area (Å²) in [6, 6.07) is 10.9. The van der Waals surface area contributed by atoms with E-state index < -0.39 is 11.6 Å². The van der Waals surface area contributed by atoms with Crippen molar-refractivity contribution >= 4 is 18.8 Å². The highest BCUT2D eigenvalue weighted by atomic mass is 19.1. The first-order valence-electron chi connectivity index (χ1n) is 10.3. The van der Waals surface area contributed by atoms with E-state index in [-0.39, 0.29) is 7.43 Å². The monoisotopic (exact) mass is 452 g/mol. The quantitative estimate of drug-likeness (QED) is 0.343. The van der Waals surface area contributed by atoms with Crippen LogP contribution in [-0.4, -0.2) is 27.2 Å². The Morgan fingerprint density at radius 3 is 1.72 bits per heavy atom. The topological polar surface area (TPSA) is 58.2 Å².